The lowest BCUT2D eigenvalue weighted by atomic mass is 10.0. The first-order valence-electron chi connectivity index (χ1n) is 10.0. The fourth-order valence-corrected chi connectivity index (χ4v) is 4.62. The molecule has 0 spiro atoms. The van der Waals surface area contributed by atoms with E-state index in [9.17, 15) is 28.8 Å². The van der Waals surface area contributed by atoms with Gasteiger partial charge in [0, 0.05) is 53.8 Å². The molecule has 0 radical (unpaired) electrons. The Bertz CT molecular complexity index is 771. The van der Waals surface area contributed by atoms with Crippen molar-refractivity contribution in [2.24, 2.45) is 0 Å². The van der Waals surface area contributed by atoms with E-state index in [0.717, 1.165) is 34.6 Å². The lowest BCUT2D eigenvalue weighted by Gasteiger charge is -2.39. The maximum absolute atomic E-state index is 12.1. The number of thioether (sulfide) groups is 1. The minimum Gasteiger partial charge on any atom is -0.462 e. The van der Waals surface area contributed by atoms with Crippen LogP contribution >= 0.6 is 11.8 Å². The summed E-state index contributed by atoms with van der Waals surface area (Å²) in [5.41, 5.74) is 0. The monoisotopic (exact) mass is 491 g/mol. The fraction of sp³-hybridized carbons (Fsp3) is 0.700. The average Bonchev–Trinajstić information content (AvgIpc) is 3.15. The summed E-state index contributed by atoms with van der Waals surface area (Å²) in [6.45, 7) is 6.62. The van der Waals surface area contributed by atoms with Gasteiger partial charge in [0.15, 0.2) is 24.4 Å². The average molecular weight is 492 g/mol. The van der Waals surface area contributed by atoms with Crippen molar-refractivity contribution in [3.8, 4) is 0 Å². The molecule has 1 aliphatic rings. The molecule has 0 unspecified atom stereocenters. The number of hydrogen-bond donors (Lipinski definition) is 0. The van der Waals surface area contributed by atoms with E-state index >= 15 is 0 Å². The largest absolute Gasteiger partial charge is 0.462 e. The number of carbonyl (C=O) groups excluding carboxylic acids is 6. The van der Waals surface area contributed by atoms with Gasteiger partial charge in [-0.05, 0) is 0 Å². The minimum atomic E-state index is -1.53. The molecule has 1 rings (SSSR count). The number of amides is 1. The molecule has 0 aliphatic carbocycles. The molecule has 186 valence electrons. The molecule has 0 N–H and O–H groups in total. The third kappa shape index (κ3) is 9.28. The number of rotatable bonds is 10. The molecule has 5 atom stereocenters. The van der Waals surface area contributed by atoms with E-state index in [4.69, 9.17) is 23.7 Å². The van der Waals surface area contributed by atoms with E-state index in [1.165, 1.54) is 23.6 Å². The molecular formula is C20H29NO11S. The Kier molecular flexibility index (Phi) is 11.1. The molecular weight excluding hydrogens is 462 g/mol. The number of carbonyl (C=O) groups is 6. The molecule has 1 aliphatic heterocycles. The highest BCUT2D eigenvalue weighted by atomic mass is 32.2. The molecule has 1 saturated heterocycles. The standard InChI is InChI=1S/C20H29NO11S/c1-10(22)21-7-8-33-20(21)19(32-15(6)27)18(31-14(5)26)17(30-13(4)25)16(29-12(3)24)9-28-11(2)23/h16-20H,7-9H2,1-6H3/t16-,17-,18-,19-,20-/m0/s1. The van der Waals surface area contributed by atoms with Crippen LogP contribution in [-0.4, -0.2) is 89.3 Å². The zero-order valence-corrected chi connectivity index (χ0v) is 20.2. The maximum Gasteiger partial charge on any atom is 0.303 e. The molecule has 13 heteroatoms. The number of esters is 5. The van der Waals surface area contributed by atoms with Crippen LogP contribution in [0.25, 0.3) is 0 Å². The second-order valence-electron chi connectivity index (χ2n) is 7.15. The Balaban J connectivity index is 3.55. The van der Waals surface area contributed by atoms with Gasteiger partial charge in [-0.3, -0.25) is 28.8 Å². The second-order valence-corrected chi connectivity index (χ2v) is 8.37. The molecule has 0 aromatic heterocycles. The van der Waals surface area contributed by atoms with Crippen LogP contribution in [0, 0.1) is 0 Å². The molecule has 1 fully saturated rings. The zero-order valence-electron chi connectivity index (χ0n) is 19.4. The van der Waals surface area contributed by atoms with Crippen LogP contribution in [0.2, 0.25) is 0 Å². The fourth-order valence-electron chi connectivity index (χ4n) is 3.24. The summed E-state index contributed by atoms with van der Waals surface area (Å²) < 4.78 is 26.3. The van der Waals surface area contributed by atoms with Crippen LogP contribution in [-0.2, 0) is 52.5 Å². The van der Waals surface area contributed by atoms with Crippen LogP contribution in [0.15, 0.2) is 0 Å². The Hall–Kier alpha value is -2.83. The third-order valence-electron chi connectivity index (χ3n) is 4.30. The van der Waals surface area contributed by atoms with E-state index in [0.29, 0.717) is 12.3 Å². The van der Waals surface area contributed by atoms with Crippen molar-refractivity contribution in [3.63, 3.8) is 0 Å². The first kappa shape index (κ1) is 28.2. The van der Waals surface area contributed by atoms with Crippen LogP contribution in [0.5, 0.6) is 0 Å². The van der Waals surface area contributed by atoms with Gasteiger partial charge >= 0.3 is 29.8 Å². The van der Waals surface area contributed by atoms with Crippen molar-refractivity contribution >= 4 is 47.5 Å². The van der Waals surface area contributed by atoms with Gasteiger partial charge < -0.3 is 28.6 Å². The smallest absolute Gasteiger partial charge is 0.303 e. The minimum absolute atomic E-state index is 0.316. The Labute approximate surface area is 195 Å². The summed E-state index contributed by atoms with van der Waals surface area (Å²) >= 11 is 1.27. The van der Waals surface area contributed by atoms with Gasteiger partial charge in [0.1, 0.15) is 12.0 Å². The van der Waals surface area contributed by atoms with Crippen molar-refractivity contribution in [3.05, 3.63) is 0 Å². The second kappa shape index (κ2) is 13.0. The summed E-state index contributed by atoms with van der Waals surface area (Å²) in [6, 6.07) is 0. The van der Waals surface area contributed by atoms with Crippen molar-refractivity contribution < 1.29 is 52.5 Å². The predicted molar refractivity (Wildman–Crippen MR) is 112 cm³/mol. The van der Waals surface area contributed by atoms with Gasteiger partial charge in [-0.2, -0.15) is 0 Å². The van der Waals surface area contributed by atoms with Gasteiger partial charge in [-0.1, -0.05) is 0 Å². The van der Waals surface area contributed by atoms with Crippen LogP contribution in [0.3, 0.4) is 0 Å². The summed E-state index contributed by atoms with van der Waals surface area (Å²) in [4.78, 5) is 72.5. The van der Waals surface area contributed by atoms with Crippen molar-refractivity contribution in [1.29, 1.82) is 0 Å². The lowest BCUT2D eigenvalue weighted by molar-refractivity contribution is -0.204. The quantitative estimate of drug-likeness (QED) is 0.303. The highest BCUT2D eigenvalue weighted by molar-refractivity contribution is 8.00. The molecule has 33 heavy (non-hydrogen) atoms. The van der Waals surface area contributed by atoms with E-state index in [1.54, 1.807) is 0 Å². The Morgan fingerprint density at radius 2 is 1.27 bits per heavy atom. The summed E-state index contributed by atoms with van der Waals surface area (Å²) in [7, 11) is 0. The van der Waals surface area contributed by atoms with E-state index in [2.05, 4.69) is 0 Å². The zero-order chi connectivity index (χ0) is 25.3. The summed E-state index contributed by atoms with van der Waals surface area (Å²) in [5, 5.41) is -0.791. The van der Waals surface area contributed by atoms with Crippen LogP contribution in [0.1, 0.15) is 41.5 Å². The molecule has 0 aromatic carbocycles. The van der Waals surface area contributed by atoms with Gasteiger partial charge in [-0.15, -0.1) is 11.8 Å². The van der Waals surface area contributed by atoms with Crippen molar-refractivity contribution in [2.45, 2.75) is 71.3 Å². The molecule has 1 amide bonds. The topological polar surface area (TPSA) is 152 Å². The number of hydrogen-bond acceptors (Lipinski definition) is 12. The Morgan fingerprint density at radius 3 is 1.73 bits per heavy atom. The SMILES string of the molecule is CC(=O)OC[C@H](OC(C)=O)[C@H](OC(C)=O)[C@H](OC(C)=O)[C@H](OC(C)=O)[C@@H]1SCCN1C(C)=O. The summed E-state index contributed by atoms with van der Waals surface area (Å²) in [5.74, 6) is -3.71. The van der Waals surface area contributed by atoms with Crippen molar-refractivity contribution in [2.75, 3.05) is 18.9 Å². The van der Waals surface area contributed by atoms with E-state index in [-0.39, 0.29) is 5.91 Å². The van der Waals surface area contributed by atoms with Gasteiger partial charge in [0.25, 0.3) is 0 Å². The number of nitrogens with zero attached hydrogens (tertiary/aromatic N) is 1. The summed E-state index contributed by atoms with van der Waals surface area (Å²) in [6.07, 6.45) is -5.75. The number of ether oxygens (including phenoxy) is 5. The van der Waals surface area contributed by atoms with E-state index in [1.807, 2.05) is 0 Å². The van der Waals surface area contributed by atoms with Crippen molar-refractivity contribution in [1.82, 2.24) is 4.90 Å². The van der Waals surface area contributed by atoms with Gasteiger partial charge in [0.05, 0.1) is 0 Å². The van der Waals surface area contributed by atoms with Gasteiger partial charge in [0.2, 0.25) is 5.91 Å². The molecule has 0 bridgehead atoms. The molecule has 12 nitrogen and oxygen atoms in total. The van der Waals surface area contributed by atoms with Crippen LogP contribution in [0.4, 0.5) is 0 Å². The highest BCUT2D eigenvalue weighted by Gasteiger charge is 2.49. The molecule has 0 saturated carbocycles. The first-order valence-corrected chi connectivity index (χ1v) is 11.1. The highest BCUT2D eigenvalue weighted by Crippen LogP contribution is 2.33. The first-order chi connectivity index (χ1) is 15.3. The lowest BCUT2D eigenvalue weighted by Crippen LogP contribution is -2.58. The normalized spacial score (nSPS) is 18.8. The predicted octanol–water partition coefficient (Wildman–Crippen LogP) is 0.198. The molecule has 1 heterocycles. The third-order valence-corrected chi connectivity index (χ3v) is 5.58. The van der Waals surface area contributed by atoms with E-state index < -0.39 is 66.2 Å². The van der Waals surface area contributed by atoms with Gasteiger partial charge in [-0.25, -0.2) is 0 Å². The molecule has 0 aromatic rings. The maximum atomic E-state index is 12.1. The van der Waals surface area contributed by atoms with Crippen LogP contribution < -0.4 is 0 Å². The Morgan fingerprint density at radius 1 is 0.758 bits per heavy atom.